The normalized spacial score (nSPS) is 19.4. The van der Waals surface area contributed by atoms with E-state index in [0.29, 0.717) is 6.42 Å². The third-order valence-corrected chi connectivity index (χ3v) is 13.0. The summed E-state index contributed by atoms with van der Waals surface area (Å²) >= 11 is 0. The fourth-order valence-electron chi connectivity index (χ4n) is 8.72. The van der Waals surface area contributed by atoms with E-state index in [4.69, 9.17) is 18.9 Å². The van der Waals surface area contributed by atoms with Crippen molar-refractivity contribution in [3.8, 4) is 0 Å². The van der Waals surface area contributed by atoms with Gasteiger partial charge >= 0.3 is 11.9 Å². The van der Waals surface area contributed by atoms with Crippen LogP contribution in [0.25, 0.3) is 0 Å². The molecule has 63 heavy (non-hydrogen) atoms. The van der Waals surface area contributed by atoms with Gasteiger partial charge in [-0.2, -0.15) is 0 Å². The molecule has 0 bridgehead atoms. The van der Waals surface area contributed by atoms with Gasteiger partial charge < -0.3 is 39.4 Å². The Morgan fingerprint density at radius 3 is 1.08 bits per heavy atom. The Kier molecular flexibility index (Phi) is 42.2. The van der Waals surface area contributed by atoms with Crippen molar-refractivity contribution in [1.82, 2.24) is 0 Å². The van der Waals surface area contributed by atoms with Crippen LogP contribution in [0.3, 0.4) is 0 Å². The van der Waals surface area contributed by atoms with E-state index >= 15 is 0 Å². The van der Waals surface area contributed by atoms with Gasteiger partial charge in [0.05, 0.1) is 13.2 Å². The Balaban J connectivity index is 2.22. The van der Waals surface area contributed by atoms with Crippen molar-refractivity contribution < 1.29 is 49.0 Å². The molecule has 1 aliphatic heterocycles. The zero-order valence-electron chi connectivity index (χ0n) is 41.1. The Bertz CT molecular complexity index is 995. The van der Waals surface area contributed by atoms with Crippen LogP contribution in [0.4, 0.5) is 0 Å². The highest BCUT2D eigenvalue weighted by atomic mass is 16.7. The smallest absolute Gasteiger partial charge is 0.306 e. The zero-order chi connectivity index (χ0) is 45.9. The fraction of sp³-hybridized carbons (Fsp3) is 0.962. The number of aliphatic hydroxyl groups is 4. The monoisotopic (exact) mass is 899 g/mol. The molecule has 0 saturated carbocycles. The number of rotatable bonds is 47. The molecular weight excluding hydrogens is 797 g/mol. The number of ether oxygens (including phenoxy) is 4. The lowest BCUT2D eigenvalue weighted by molar-refractivity contribution is -0.305. The second-order valence-electron chi connectivity index (χ2n) is 19.1. The lowest BCUT2D eigenvalue weighted by Gasteiger charge is -2.39. The number of aliphatic hydroxyl groups excluding tert-OH is 4. The summed E-state index contributed by atoms with van der Waals surface area (Å²) in [5.74, 6) is -0.783. The molecule has 1 aliphatic rings. The van der Waals surface area contributed by atoms with Crippen LogP contribution in [0.15, 0.2) is 0 Å². The maximum absolute atomic E-state index is 12.8. The highest BCUT2D eigenvalue weighted by Crippen LogP contribution is 2.23. The molecule has 4 N–H and O–H groups in total. The van der Waals surface area contributed by atoms with Crippen LogP contribution in [-0.2, 0) is 28.5 Å². The molecule has 0 aromatic carbocycles. The average Bonchev–Trinajstić information content (AvgIpc) is 3.28. The number of unbranched alkanes of at least 4 members (excludes halogenated alkanes) is 36. The van der Waals surface area contributed by atoms with Gasteiger partial charge in [0.2, 0.25) is 0 Å². The van der Waals surface area contributed by atoms with E-state index in [0.717, 1.165) is 32.1 Å². The average molecular weight is 899 g/mol. The highest BCUT2D eigenvalue weighted by molar-refractivity contribution is 5.70. The van der Waals surface area contributed by atoms with E-state index in [2.05, 4.69) is 13.8 Å². The minimum absolute atomic E-state index is 0.208. The van der Waals surface area contributed by atoms with E-state index in [-0.39, 0.29) is 32.0 Å². The van der Waals surface area contributed by atoms with Crippen LogP contribution in [0.2, 0.25) is 0 Å². The van der Waals surface area contributed by atoms with Gasteiger partial charge in [-0.25, -0.2) is 0 Å². The van der Waals surface area contributed by atoms with Crippen LogP contribution in [0, 0.1) is 0 Å². The summed E-state index contributed by atoms with van der Waals surface area (Å²) in [6, 6.07) is 0. The third-order valence-electron chi connectivity index (χ3n) is 13.0. The Hall–Kier alpha value is -1.30. The van der Waals surface area contributed by atoms with E-state index in [9.17, 15) is 30.0 Å². The molecule has 0 aliphatic carbocycles. The number of hydrogen-bond donors (Lipinski definition) is 4. The Morgan fingerprint density at radius 2 is 0.746 bits per heavy atom. The molecule has 1 saturated heterocycles. The number of carbonyl (C=O) groups excluding carboxylic acids is 2. The largest absolute Gasteiger partial charge is 0.462 e. The molecule has 6 atom stereocenters. The maximum Gasteiger partial charge on any atom is 0.306 e. The first kappa shape index (κ1) is 59.7. The Labute approximate surface area is 387 Å². The van der Waals surface area contributed by atoms with Crippen molar-refractivity contribution in [2.24, 2.45) is 0 Å². The molecule has 0 radical (unpaired) electrons. The SMILES string of the molecule is CCCCCCCCCCCCCCCCCCCCCC(=O)OC[C@@H](CO[C@H]1O[C@@H](CO)[C@@H](O)C(O)C1O)OC(=O)CCCCCCCCCCCCCCCCCCCCC. The summed E-state index contributed by atoms with van der Waals surface area (Å²) in [5.41, 5.74) is 0. The fourth-order valence-corrected chi connectivity index (χ4v) is 8.72. The first-order valence-corrected chi connectivity index (χ1v) is 27.1. The molecule has 2 unspecified atom stereocenters. The second-order valence-corrected chi connectivity index (χ2v) is 19.1. The molecule has 1 fully saturated rings. The standard InChI is InChI=1S/C53H102O10/c1-3-5-7-9-11-13-15-17-19-21-23-25-27-29-31-33-35-37-39-41-48(55)60-44-46(45-61-53-52(59)51(58)50(57)47(43-54)63-53)62-49(56)42-40-38-36-34-32-30-28-26-24-22-20-18-16-14-12-10-8-6-4-2/h46-47,50-54,57-59H,3-45H2,1-2H3/t46-,47-,50+,51?,52?,53-/m0/s1. The highest BCUT2D eigenvalue weighted by Gasteiger charge is 2.44. The van der Waals surface area contributed by atoms with Gasteiger partial charge in [-0.15, -0.1) is 0 Å². The summed E-state index contributed by atoms with van der Waals surface area (Å²) < 4.78 is 22.3. The van der Waals surface area contributed by atoms with Crippen molar-refractivity contribution in [3.05, 3.63) is 0 Å². The number of esters is 2. The molecule has 1 rings (SSSR count). The maximum atomic E-state index is 12.8. The summed E-state index contributed by atoms with van der Waals surface area (Å²) in [5, 5.41) is 40.2. The number of carbonyl (C=O) groups is 2. The van der Waals surface area contributed by atoms with Crippen molar-refractivity contribution in [2.75, 3.05) is 19.8 Å². The Morgan fingerprint density at radius 1 is 0.429 bits per heavy atom. The molecule has 0 amide bonds. The lowest BCUT2D eigenvalue weighted by Crippen LogP contribution is -2.59. The molecular formula is C53H102O10. The summed E-state index contributed by atoms with van der Waals surface area (Å²) in [6.07, 6.45) is 41.1. The molecule has 0 aromatic heterocycles. The predicted molar refractivity (Wildman–Crippen MR) is 257 cm³/mol. The quantitative estimate of drug-likeness (QED) is 0.0343. The predicted octanol–water partition coefficient (Wildman–Crippen LogP) is 12.9. The van der Waals surface area contributed by atoms with E-state index in [1.807, 2.05) is 0 Å². The van der Waals surface area contributed by atoms with Crippen LogP contribution >= 0.6 is 0 Å². The molecule has 1 heterocycles. The minimum atomic E-state index is -1.59. The van der Waals surface area contributed by atoms with E-state index in [1.165, 1.54) is 205 Å². The molecule has 0 aromatic rings. The zero-order valence-corrected chi connectivity index (χ0v) is 41.1. The van der Waals surface area contributed by atoms with Crippen LogP contribution in [-0.4, -0.2) is 89.0 Å². The van der Waals surface area contributed by atoms with E-state index in [1.54, 1.807) is 0 Å². The summed E-state index contributed by atoms with van der Waals surface area (Å²) in [6.45, 7) is 3.49. The van der Waals surface area contributed by atoms with Gasteiger partial charge in [-0.1, -0.05) is 245 Å². The van der Waals surface area contributed by atoms with Crippen LogP contribution in [0.1, 0.15) is 271 Å². The molecule has 374 valence electrons. The van der Waals surface area contributed by atoms with Crippen molar-refractivity contribution in [3.63, 3.8) is 0 Å². The minimum Gasteiger partial charge on any atom is -0.462 e. The third kappa shape index (κ3) is 35.6. The van der Waals surface area contributed by atoms with Gasteiger partial charge in [-0.05, 0) is 12.8 Å². The summed E-state index contributed by atoms with van der Waals surface area (Å²) in [4.78, 5) is 25.5. The second kappa shape index (κ2) is 44.5. The van der Waals surface area contributed by atoms with Gasteiger partial charge in [-0.3, -0.25) is 9.59 Å². The van der Waals surface area contributed by atoms with Crippen LogP contribution < -0.4 is 0 Å². The molecule has 0 spiro atoms. The van der Waals surface area contributed by atoms with Gasteiger partial charge in [0.25, 0.3) is 0 Å². The van der Waals surface area contributed by atoms with Crippen LogP contribution in [0.5, 0.6) is 0 Å². The summed E-state index contributed by atoms with van der Waals surface area (Å²) in [7, 11) is 0. The van der Waals surface area contributed by atoms with Crippen molar-refractivity contribution in [2.45, 2.75) is 307 Å². The first-order chi connectivity index (χ1) is 30.8. The van der Waals surface area contributed by atoms with E-state index < -0.39 is 49.4 Å². The molecule has 10 heteroatoms. The molecule has 10 nitrogen and oxygen atoms in total. The van der Waals surface area contributed by atoms with Gasteiger partial charge in [0.1, 0.15) is 31.0 Å². The van der Waals surface area contributed by atoms with Gasteiger partial charge in [0.15, 0.2) is 12.4 Å². The lowest BCUT2D eigenvalue weighted by atomic mass is 9.99. The number of hydrogen-bond acceptors (Lipinski definition) is 10. The van der Waals surface area contributed by atoms with Gasteiger partial charge in [0, 0.05) is 12.8 Å². The van der Waals surface area contributed by atoms with Crippen molar-refractivity contribution in [1.29, 1.82) is 0 Å². The first-order valence-electron chi connectivity index (χ1n) is 27.1. The van der Waals surface area contributed by atoms with Crippen molar-refractivity contribution >= 4 is 11.9 Å². The topological polar surface area (TPSA) is 152 Å².